The summed E-state index contributed by atoms with van der Waals surface area (Å²) in [6.45, 7) is 5.97. The number of amides is 1. The molecule has 188 valence electrons. The second kappa shape index (κ2) is 11.4. The highest BCUT2D eigenvalue weighted by Gasteiger charge is 2.49. The normalized spacial score (nSPS) is 28.5. The van der Waals surface area contributed by atoms with E-state index in [1.165, 1.54) is 62.7 Å². The number of likely N-dealkylation sites (tertiary alicyclic amines) is 1. The van der Waals surface area contributed by atoms with Gasteiger partial charge in [-0.25, -0.2) is 4.98 Å². The molecule has 1 amide bonds. The Bertz CT molecular complexity index is 821. The number of fused-ring (bicyclic) bond motifs is 3. The number of aryl methyl sites for hydroxylation is 2. The molecule has 6 nitrogen and oxygen atoms in total. The van der Waals surface area contributed by atoms with E-state index in [9.17, 15) is 4.79 Å². The third-order valence-corrected chi connectivity index (χ3v) is 8.75. The minimum atomic E-state index is -0.0117. The van der Waals surface area contributed by atoms with Gasteiger partial charge in [0.25, 0.3) is 0 Å². The highest BCUT2D eigenvalue weighted by Crippen LogP contribution is 2.54. The molecule has 2 N–H and O–H groups in total. The molecule has 1 atom stereocenters. The van der Waals surface area contributed by atoms with E-state index in [4.69, 9.17) is 9.72 Å². The van der Waals surface area contributed by atoms with Crippen molar-refractivity contribution in [2.45, 2.75) is 89.6 Å². The van der Waals surface area contributed by atoms with E-state index in [-0.39, 0.29) is 5.41 Å². The zero-order valence-electron chi connectivity index (χ0n) is 21.0. The number of nitrogens with one attached hydrogen (secondary N) is 2. The zero-order chi connectivity index (χ0) is 23.2. The fraction of sp³-hybridized carbons (Fsp3) is 0.786. The lowest BCUT2D eigenvalue weighted by Gasteiger charge is -2.32. The van der Waals surface area contributed by atoms with E-state index < -0.39 is 0 Å². The summed E-state index contributed by atoms with van der Waals surface area (Å²) >= 11 is 0. The monoisotopic (exact) mass is 468 g/mol. The van der Waals surface area contributed by atoms with Crippen molar-refractivity contribution < 1.29 is 9.53 Å². The molecule has 1 unspecified atom stereocenters. The van der Waals surface area contributed by atoms with Gasteiger partial charge < -0.3 is 20.3 Å². The maximum Gasteiger partial charge on any atom is 0.226 e. The number of aromatic nitrogens is 1. The first kappa shape index (κ1) is 24.1. The Hall–Kier alpha value is -1.66. The molecule has 0 radical (unpaired) electrons. The fourth-order valence-electron chi connectivity index (χ4n) is 6.72. The van der Waals surface area contributed by atoms with E-state index in [0.29, 0.717) is 12.0 Å². The van der Waals surface area contributed by atoms with Crippen LogP contribution in [-0.4, -0.2) is 61.2 Å². The molecule has 1 aromatic rings. The smallest absolute Gasteiger partial charge is 0.226 e. The summed E-state index contributed by atoms with van der Waals surface area (Å²) in [5.74, 6) is 2.25. The van der Waals surface area contributed by atoms with Crippen LogP contribution in [-0.2, 0) is 22.4 Å². The van der Waals surface area contributed by atoms with Gasteiger partial charge in [-0.05, 0) is 114 Å². The maximum atomic E-state index is 12.6. The molecule has 2 bridgehead atoms. The Morgan fingerprint density at radius 2 is 2.09 bits per heavy atom. The van der Waals surface area contributed by atoms with Crippen LogP contribution in [0.15, 0.2) is 12.1 Å². The predicted octanol–water partition coefficient (Wildman–Crippen LogP) is 4.33. The van der Waals surface area contributed by atoms with Crippen molar-refractivity contribution in [3.05, 3.63) is 23.4 Å². The quantitative estimate of drug-likeness (QED) is 0.473. The highest BCUT2D eigenvalue weighted by atomic mass is 16.5. The van der Waals surface area contributed by atoms with E-state index >= 15 is 0 Å². The SMILES string of the molecule is O=C(NCCCOC1CCCN(CCCCc2ccc3c(n2)NCCC3)C1)C12CCC(CC1)C2. The Morgan fingerprint density at radius 3 is 2.94 bits per heavy atom. The number of carbonyl (C=O) groups excluding carboxylic acids is 1. The van der Waals surface area contributed by atoms with Crippen LogP contribution in [0.25, 0.3) is 0 Å². The van der Waals surface area contributed by atoms with Crippen LogP contribution in [0.3, 0.4) is 0 Å². The Kier molecular flexibility index (Phi) is 8.05. The molecular formula is C28H44N4O2. The Balaban J connectivity index is 0.931. The predicted molar refractivity (Wildman–Crippen MR) is 136 cm³/mol. The topological polar surface area (TPSA) is 66.5 Å². The molecule has 2 aliphatic carbocycles. The molecule has 5 rings (SSSR count). The van der Waals surface area contributed by atoms with Crippen LogP contribution < -0.4 is 10.6 Å². The van der Waals surface area contributed by atoms with E-state index in [0.717, 1.165) is 83.0 Å². The number of rotatable bonds is 11. The van der Waals surface area contributed by atoms with Gasteiger partial charge in [-0.3, -0.25) is 4.79 Å². The van der Waals surface area contributed by atoms with Crippen molar-refractivity contribution in [3.8, 4) is 0 Å². The van der Waals surface area contributed by atoms with Crippen molar-refractivity contribution >= 4 is 11.7 Å². The van der Waals surface area contributed by atoms with Crippen molar-refractivity contribution in [2.75, 3.05) is 44.6 Å². The average molecular weight is 469 g/mol. The lowest BCUT2D eigenvalue weighted by molar-refractivity contribution is -0.130. The molecule has 3 heterocycles. The van der Waals surface area contributed by atoms with E-state index in [2.05, 4.69) is 27.7 Å². The number of piperidine rings is 1. The van der Waals surface area contributed by atoms with Crippen molar-refractivity contribution in [1.82, 2.24) is 15.2 Å². The molecule has 1 aromatic heterocycles. The Morgan fingerprint density at radius 1 is 1.18 bits per heavy atom. The maximum absolute atomic E-state index is 12.6. The minimum Gasteiger partial charge on any atom is -0.377 e. The van der Waals surface area contributed by atoms with Crippen molar-refractivity contribution in [1.29, 1.82) is 0 Å². The fourth-order valence-corrected chi connectivity index (χ4v) is 6.72. The minimum absolute atomic E-state index is 0.0117. The van der Waals surface area contributed by atoms with Gasteiger partial charge in [0.05, 0.1) is 6.10 Å². The van der Waals surface area contributed by atoms with Gasteiger partial charge in [0.2, 0.25) is 5.91 Å². The number of ether oxygens (including phenoxy) is 1. The number of pyridine rings is 1. The molecule has 6 heteroatoms. The van der Waals surface area contributed by atoms with Gasteiger partial charge in [0.15, 0.2) is 0 Å². The first-order chi connectivity index (χ1) is 16.7. The average Bonchev–Trinajstić information content (AvgIpc) is 3.50. The van der Waals surface area contributed by atoms with E-state index in [1.54, 1.807) is 0 Å². The van der Waals surface area contributed by atoms with Crippen LogP contribution in [0.2, 0.25) is 0 Å². The molecule has 2 aliphatic heterocycles. The van der Waals surface area contributed by atoms with Crippen LogP contribution in [0, 0.1) is 11.3 Å². The Labute approximate surface area is 205 Å². The van der Waals surface area contributed by atoms with Crippen LogP contribution in [0.5, 0.6) is 0 Å². The molecular weight excluding hydrogens is 424 g/mol. The van der Waals surface area contributed by atoms with E-state index in [1.807, 2.05) is 0 Å². The standard InChI is InChI=1S/C28H44N4O2/c33-27(28-13-11-22(20-28)12-14-28)30-16-5-19-34-25-8-4-18-32(21-25)17-2-1-7-24-10-9-23-6-3-15-29-26(23)31-24/h9-10,22,25H,1-8,11-21H2,(H,29,31)(H,30,33). The van der Waals surface area contributed by atoms with Gasteiger partial charge in [-0.2, -0.15) is 0 Å². The van der Waals surface area contributed by atoms with Gasteiger partial charge in [0.1, 0.15) is 5.82 Å². The second-order valence-corrected chi connectivity index (χ2v) is 11.3. The first-order valence-corrected chi connectivity index (χ1v) is 14.1. The summed E-state index contributed by atoms with van der Waals surface area (Å²) in [5.41, 5.74) is 2.58. The first-order valence-electron chi connectivity index (χ1n) is 14.1. The van der Waals surface area contributed by atoms with Crippen LogP contribution in [0.4, 0.5) is 5.82 Å². The molecule has 0 aromatic carbocycles. The lowest BCUT2D eigenvalue weighted by atomic mass is 9.83. The third-order valence-electron chi connectivity index (χ3n) is 8.75. The number of anilines is 1. The lowest BCUT2D eigenvalue weighted by Crippen LogP contribution is -2.41. The molecule has 2 saturated carbocycles. The van der Waals surface area contributed by atoms with Crippen molar-refractivity contribution in [2.24, 2.45) is 11.3 Å². The number of unbranched alkanes of at least 4 members (excludes halogenated alkanes) is 1. The highest BCUT2D eigenvalue weighted by molar-refractivity contribution is 5.83. The van der Waals surface area contributed by atoms with Crippen molar-refractivity contribution in [3.63, 3.8) is 0 Å². The summed E-state index contributed by atoms with van der Waals surface area (Å²) in [4.78, 5) is 20.1. The van der Waals surface area contributed by atoms with Gasteiger partial charge in [-0.15, -0.1) is 0 Å². The molecule has 0 spiro atoms. The second-order valence-electron chi connectivity index (χ2n) is 11.3. The third kappa shape index (κ3) is 5.93. The molecule has 4 aliphatic rings. The molecule has 3 fully saturated rings. The summed E-state index contributed by atoms with van der Waals surface area (Å²) in [6, 6.07) is 4.48. The number of carbonyl (C=O) groups is 1. The number of hydrogen-bond donors (Lipinski definition) is 2. The zero-order valence-corrected chi connectivity index (χ0v) is 21.0. The summed E-state index contributed by atoms with van der Waals surface area (Å²) in [5, 5.41) is 6.66. The van der Waals surface area contributed by atoms with Gasteiger partial charge in [0, 0.05) is 37.4 Å². The van der Waals surface area contributed by atoms with Crippen LogP contribution in [0.1, 0.15) is 81.9 Å². The summed E-state index contributed by atoms with van der Waals surface area (Å²) < 4.78 is 6.20. The number of nitrogens with zero attached hydrogens (tertiary/aromatic N) is 2. The molecule has 1 saturated heterocycles. The largest absolute Gasteiger partial charge is 0.377 e. The van der Waals surface area contributed by atoms with Crippen LogP contribution >= 0.6 is 0 Å². The van der Waals surface area contributed by atoms with Gasteiger partial charge >= 0.3 is 0 Å². The molecule has 34 heavy (non-hydrogen) atoms. The summed E-state index contributed by atoms with van der Waals surface area (Å²) in [7, 11) is 0. The van der Waals surface area contributed by atoms with Gasteiger partial charge in [-0.1, -0.05) is 6.07 Å². The summed E-state index contributed by atoms with van der Waals surface area (Å²) in [6.07, 6.45) is 15.4. The number of hydrogen-bond acceptors (Lipinski definition) is 5.